The van der Waals surface area contributed by atoms with Gasteiger partial charge in [-0.15, -0.1) is 0 Å². The summed E-state index contributed by atoms with van der Waals surface area (Å²) in [4.78, 5) is 10.6. The first-order valence-electron chi connectivity index (χ1n) is 2.77. The van der Waals surface area contributed by atoms with E-state index in [1.165, 1.54) is 4.90 Å². The van der Waals surface area contributed by atoms with Crippen molar-refractivity contribution in [1.29, 1.82) is 0 Å². The van der Waals surface area contributed by atoms with E-state index >= 15 is 0 Å². The minimum Gasteiger partial charge on any atom is -0.320 e. The summed E-state index contributed by atoms with van der Waals surface area (Å²) in [5.41, 5.74) is 0. The monoisotopic (exact) mass is 132 g/mol. The Morgan fingerprint density at radius 1 is 1.67 bits per heavy atom. The van der Waals surface area contributed by atoms with Crippen LogP contribution in [0.15, 0.2) is 0 Å². The van der Waals surface area contributed by atoms with Gasteiger partial charge in [0.2, 0.25) is 0 Å². The van der Waals surface area contributed by atoms with Crippen molar-refractivity contribution in [2.45, 2.75) is 12.8 Å². The van der Waals surface area contributed by atoms with Crippen LogP contribution in [0, 0.1) is 10.1 Å². The van der Waals surface area contributed by atoms with Gasteiger partial charge in [-0.05, 0) is 6.42 Å². The summed E-state index contributed by atoms with van der Waals surface area (Å²) < 4.78 is 0. The average Bonchev–Trinajstić information content (AvgIpc) is 1.60. The highest BCUT2D eigenvalue weighted by molar-refractivity contribution is 4.65. The highest BCUT2D eigenvalue weighted by Crippen LogP contribution is 2.08. The Morgan fingerprint density at radius 3 is 2.33 bits per heavy atom. The highest BCUT2D eigenvalue weighted by atomic mass is 16.7. The van der Waals surface area contributed by atoms with Gasteiger partial charge < -0.3 is 5.11 Å². The molecule has 1 fully saturated rings. The predicted molar refractivity (Wildman–Crippen MR) is 29.2 cm³/mol. The Balaban J connectivity index is 2.32. The Hall–Kier alpha value is -0.680. The fourth-order valence-electron chi connectivity index (χ4n) is 0.705. The molecule has 0 spiro atoms. The molecule has 1 atom stereocenters. The van der Waals surface area contributed by atoms with Gasteiger partial charge in [-0.1, -0.05) is 0 Å². The molecule has 1 saturated heterocycles. The maximum atomic E-state index is 9.85. The first-order valence-corrected chi connectivity index (χ1v) is 2.77. The van der Waals surface area contributed by atoms with Crippen molar-refractivity contribution >= 4 is 0 Å². The molecule has 0 amide bonds. The van der Waals surface area contributed by atoms with Crippen LogP contribution in [0.2, 0.25) is 0 Å². The van der Waals surface area contributed by atoms with Crippen LogP contribution in [0.1, 0.15) is 6.42 Å². The minimum atomic E-state index is -1.47. The molecule has 0 aliphatic carbocycles. The number of aliphatic hydroxyl groups excluding tert-OH is 1. The molecule has 1 rings (SSSR count). The molecule has 0 aromatic heterocycles. The summed E-state index contributed by atoms with van der Waals surface area (Å²) in [6.45, 7) is 1.28. The van der Waals surface area contributed by atoms with Crippen molar-refractivity contribution in [3.63, 3.8) is 0 Å². The largest absolute Gasteiger partial charge is 0.376 e. The molecule has 1 aliphatic rings. The summed E-state index contributed by atoms with van der Waals surface area (Å²) in [7, 11) is 0. The van der Waals surface area contributed by atoms with E-state index in [2.05, 4.69) is 0 Å². The van der Waals surface area contributed by atoms with Crippen molar-refractivity contribution in [1.82, 2.24) is 4.90 Å². The van der Waals surface area contributed by atoms with Crippen molar-refractivity contribution < 1.29 is 10.0 Å². The third kappa shape index (κ3) is 1.17. The maximum absolute atomic E-state index is 9.85. The van der Waals surface area contributed by atoms with Crippen LogP contribution in [-0.4, -0.2) is 34.4 Å². The van der Waals surface area contributed by atoms with E-state index < -0.39 is 11.3 Å². The van der Waals surface area contributed by atoms with E-state index in [-0.39, 0.29) is 0 Å². The number of aliphatic hydroxyl groups is 1. The molecule has 52 valence electrons. The zero-order valence-electron chi connectivity index (χ0n) is 4.86. The number of nitrogens with zero attached hydrogens (tertiary/aromatic N) is 2. The number of nitro groups is 1. The highest BCUT2D eigenvalue weighted by Gasteiger charge is 2.29. The van der Waals surface area contributed by atoms with Gasteiger partial charge in [-0.25, -0.2) is 4.90 Å². The summed E-state index contributed by atoms with van der Waals surface area (Å²) in [5, 5.41) is 18.5. The van der Waals surface area contributed by atoms with Gasteiger partial charge in [-0.2, -0.15) is 0 Å². The van der Waals surface area contributed by atoms with Gasteiger partial charge in [0.1, 0.15) is 0 Å². The van der Waals surface area contributed by atoms with Gasteiger partial charge in [-0.3, -0.25) is 10.1 Å². The summed E-state index contributed by atoms with van der Waals surface area (Å²) >= 11 is 0. The Morgan fingerprint density at radius 2 is 2.22 bits per heavy atom. The van der Waals surface area contributed by atoms with Gasteiger partial charge in [0.15, 0.2) is 0 Å². The van der Waals surface area contributed by atoms with Gasteiger partial charge >= 0.3 is 6.35 Å². The molecule has 1 heterocycles. The van der Waals surface area contributed by atoms with Gasteiger partial charge in [0.25, 0.3) is 0 Å². The van der Waals surface area contributed by atoms with Crippen molar-refractivity contribution in [3.05, 3.63) is 10.1 Å². The molecular weight excluding hydrogens is 124 g/mol. The molecule has 1 N–H and O–H groups in total. The van der Waals surface area contributed by atoms with Crippen molar-refractivity contribution in [3.8, 4) is 0 Å². The molecule has 0 radical (unpaired) electrons. The molecule has 9 heavy (non-hydrogen) atoms. The number of rotatable bonds is 2. The van der Waals surface area contributed by atoms with Crippen LogP contribution in [-0.2, 0) is 0 Å². The lowest BCUT2D eigenvalue weighted by Crippen LogP contribution is -2.48. The molecule has 5 heteroatoms. The van der Waals surface area contributed by atoms with E-state index in [9.17, 15) is 10.1 Å². The van der Waals surface area contributed by atoms with Gasteiger partial charge in [0.05, 0.1) is 4.92 Å². The second kappa shape index (κ2) is 2.28. The molecule has 0 aromatic rings. The van der Waals surface area contributed by atoms with Crippen LogP contribution < -0.4 is 0 Å². The fourth-order valence-corrected chi connectivity index (χ4v) is 0.705. The summed E-state index contributed by atoms with van der Waals surface area (Å²) in [5.74, 6) is 0. The number of hydrogen-bond acceptors (Lipinski definition) is 4. The van der Waals surface area contributed by atoms with Crippen LogP contribution in [0.25, 0.3) is 0 Å². The zero-order valence-corrected chi connectivity index (χ0v) is 4.86. The summed E-state index contributed by atoms with van der Waals surface area (Å²) in [6, 6.07) is 0. The van der Waals surface area contributed by atoms with Crippen LogP contribution in [0.5, 0.6) is 0 Å². The lowest BCUT2D eigenvalue weighted by molar-refractivity contribution is -0.604. The van der Waals surface area contributed by atoms with Crippen LogP contribution in [0.3, 0.4) is 0 Å². The molecular formula is C4H8N2O3. The Bertz CT molecular complexity index is 123. The van der Waals surface area contributed by atoms with E-state index in [4.69, 9.17) is 5.11 Å². The lowest BCUT2D eigenvalue weighted by atomic mass is 10.2. The maximum Gasteiger partial charge on any atom is 0.376 e. The Labute approximate surface area is 52.0 Å². The first-order chi connectivity index (χ1) is 4.22. The Kier molecular flexibility index (Phi) is 1.63. The molecule has 0 saturated carbocycles. The van der Waals surface area contributed by atoms with E-state index in [0.29, 0.717) is 13.1 Å². The second-order valence-corrected chi connectivity index (χ2v) is 2.02. The fraction of sp³-hybridized carbons (Fsp3) is 1.00. The zero-order chi connectivity index (χ0) is 6.85. The molecule has 1 aliphatic heterocycles. The minimum absolute atomic E-state index is 0.641. The third-order valence-electron chi connectivity index (χ3n) is 1.41. The topological polar surface area (TPSA) is 66.6 Å². The lowest BCUT2D eigenvalue weighted by Gasteiger charge is -2.29. The third-order valence-corrected chi connectivity index (χ3v) is 1.41. The van der Waals surface area contributed by atoms with Crippen molar-refractivity contribution in [2.75, 3.05) is 13.1 Å². The summed E-state index contributed by atoms with van der Waals surface area (Å²) in [6.07, 6.45) is -0.524. The smallest absolute Gasteiger partial charge is 0.320 e. The number of hydrogen-bond donors (Lipinski definition) is 1. The first kappa shape index (κ1) is 6.44. The molecule has 5 nitrogen and oxygen atoms in total. The quantitative estimate of drug-likeness (QED) is 0.305. The van der Waals surface area contributed by atoms with Crippen molar-refractivity contribution in [2.24, 2.45) is 0 Å². The normalized spacial score (nSPS) is 22.8. The van der Waals surface area contributed by atoms with Gasteiger partial charge in [0, 0.05) is 13.1 Å². The predicted octanol–water partition coefficient (Wildman–Crippen LogP) is -0.755. The van der Waals surface area contributed by atoms with Crippen LogP contribution in [0.4, 0.5) is 0 Å². The SMILES string of the molecule is O=[N+]([O-])C(O)N1CCC1. The standard InChI is InChI=1S/C4H8N2O3/c7-4(6(8)9)5-2-1-3-5/h4,7H,1-3H2. The molecule has 0 bridgehead atoms. The molecule has 1 unspecified atom stereocenters. The average molecular weight is 132 g/mol. The van der Waals surface area contributed by atoms with E-state index in [1.807, 2.05) is 0 Å². The van der Waals surface area contributed by atoms with E-state index in [0.717, 1.165) is 6.42 Å². The number of likely N-dealkylation sites (tertiary alicyclic amines) is 1. The van der Waals surface area contributed by atoms with E-state index in [1.54, 1.807) is 0 Å². The second-order valence-electron chi connectivity index (χ2n) is 2.02. The van der Waals surface area contributed by atoms with Crippen LogP contribution >= 0.6 is 0 Å². The molecule has 0 aromatic carbocycles.